The van der Waals surface area contributed by atoms with E-state index in [1.165, 1.54) is 18.1 Å². The predicted octanol–water partition coefficient (Wildman–Crippen LogP) is 5.78. The van der Waals surface area contributed by atoms with Gasteiger partial charge in [0.2, 0.25) is 0 Å². The summed E-state index contributed by atoms with van der Waals surface area (Å²) in [5, 5.41) is 14.3. The summed E-state index contributed by atoms with van der Waals surface area (Å²) in [5.41, 5.74) is 1.55. The van der Waals surface area contributed by atoms with Gasteiger partial charge in [0.15, 0.2) is 5.16 Å². The van der Waals surface area contributed by atoms with Gasteiger partial charge < -0.3 is 24.6 Å². The summed E-state index contributed by atoms with van der Waals surface area (Å²) < 4.78 is 7.97. The van der Waals surface area contributed by atoms with E-state index < -0.39 is 5.97 Å². The van der Waals surface area contributed by atoms with E-state index in [1.807, 2.05) is 36.4 Å². The highest BCUT2D eigenvalue weighted by molar-refractivity contribution is 7.99. The minimum absolute atomic E-state index is 0. The Labute approximate surface area is 241 Å². The van der Waals surface area contributed by atoms with Crippen LogP contribution in [-0.2, 0) is 11.3 Å². The molecule has 3 heterocycles. The number of fused-ring (bicyclic) bond motifs is 1. The Morgan fingerprint density at radius 3 is 2.71 bits per heavy atom. The molecule has 2 N–H and O–H groups in total. The number of hydrogen-bond acceptors (Lipinski definition) is 8. The first kappa shape index (κ1) is 29.8. The van der Waals surface area contributed by atoms with Gasteiger partial charge in [0, 0.05) is 36.1 Å². The van der Waals surface area contributed by atoms with Crippen molar-refractivity contribution in [1.82, 2.24) is 24.4 Å². The SMILES string of the molecule is CN1CCC(Oc2cccc3ncnc(Nc4ccc(Sc5nccn5CC(=O)O)c(Cl)c4)c23)CC1.Cl.Cl. The molecule has 1 aliphatic rings. The number of nitrogens with one attached hydrogen (secondary N) is 1. The topological polar surface area (TPSA) is 105 Å². The number of rotatable bonds is 8. The molecule has 5 rings (SSSR count). The van der Waals surface area contributed by atoms with Crippen LogP contribution in [0.1, 0.15) is 12.8 Å². The van der Waals surface area contributed by atoms with Crippen LogP contribution in [-0.4, -0.2) is 61.7 Å². The number of hydrogen-bond donors (Lipinski definition) is 2. The van der Waals surface area contributed by atoms with Gasteiger partial charge in [-0.3, -0.25) is 4.79 Å². The van der Waals surface area contributed by atoms with Crippen molar-refractivity contribution < 1.29 is 14.6 Å². The summed E-state index contributed by atoms with van der Waals surface area (Å²) >= 11 is 7.89. The van der Waals surface area contributed by atoms with E-state index in [0.717, 1.165) is 53.2 Å². The van der Waals surface area contributed by atoms with Gasteiger partial charge >= 0.3 is 5.97 Å². The first-order valence-electron chi connectivity index (χ1n) is 11.5. The molecule has 0 amide bonds. The summed E-state index contributed by atoms with van der Waals surface area (Å²) in [7, 11) is 2.13. The summed E-state index contributed by atoms with van der Waals surface area (Å²) in [6, 6.07) is 11.4. The van der Waals surface area contributed by atoms with Crippen LogP contribution in [0, 0.1) is 0 Å². The van der Waals surface area contributed by atoms with Gasteiger partial charge in [0.1, 0.15) is 30.5 Å². The fraction of sp³-hybridized carbons (Fsp3) is 0.280. The van der Waals surface area contributed by atoms with Crippen molar-refractivity contribution in [2.45, 2.75) is 35.5 Å². The maximum Gasteiger partial charge on any atom is 0.323 e. The third-order valence-corrected chi connectivity index (χ3v) is 7.49. The first-order chi connectivity index (χ1) is 17.5. The largest absolute Gasteiger partial charge is 0.489 e. The molecular weight excluding hydrogens is 571 g/mol. The Morgan fingerprint density at radius 1 is 1.18 bits per heavy atom. The zero-order valence-electron chi connectivity index (χ0n) is 20.4. The normalized spacial score (nSPS) is 13.9. The molecule has 0 bridgehead atoms. The Balaban J connectivity index is 0.00000200. The number of aliphatic carboxylic acids is 1. The number of nitrogens with zero attached hydrogens (tertiary/aromatic N) is 5. The van der Waals surface area contributed by atoms with E-state index in [0.29, 0.717) is 16.0 Å². The second-order valence-electron chi connectivity index (χ2n) is 8.60. The number of imidazole rings is 1. The predicted molar refractivity (Wildman–Crippen MR) is 154 cm³/mol. The molecular formula is C25H27Cl3N6O3S. The van der Waals surface area contributed by atoms with Crippen LogP contribution in [0.25, 0.3) is 10.9 Å². The molecule has 2 aromatic heterocycles. The lowest BCUT2D eigenvalue weighted by Gasteiger charge is -2.29. The average molecular weight is 598 g/mol. The Hall–Kier alpha value is -2.76. The lowest BCUT2D eigenvalue weighted by Crippen LogP contribution is -2.35. The summed E-state index contributed by atoms with van der Waals surface area (Å²) in [6.07, 6.45) is 6.83. The van der Waals surface area contributed by atoms with Crippen molar-refractivity contribution in [3.63, 3.8) is 0 Å². The lowest BCUT2D eigenvalue weighted by molar-refractivity contribution is -0.137. The van der Waals surface area contributed by atoms with Gasteiger partial charge in [-0.2, -0.15) is 0 Å². The number of carbonyl (C=O) groups is 1. The van der Waals surface area contributed by atoms with Crippen LogP contribution >= 0.6 is 48.2 Å². The van der Waals surface area contributed by atoms with Crippen molar-refractivity contribution >= 4 is 76.6 Å². The molecule has 0 spiro atoms. The maximum absolute atomic E-state index is 11.1. The fourth-order valence-electron chi connectivity index (χ4n) is 4.12. The van der Waals surface area contributed by atoms with E-state index in [-0.39, 0.29) is 37.5 Å². The molecule has 38 heavy (non-hydrogen) atoms. The molecule has 0 saturated carbocycles. The first-order valence-corrected chi connectivity index (χ1v) is 12.7. The quantitative estimate of drug-likeness (QED) is 0.262. The number of carboxylic acids is 1. The summed E-state index contributed by atoms with van der Waals surface area (Å²) in [6.45, 7) is 1.86. The third-order valence-electron chi connectivity index (χ3n) is 5.96. The molecule has 1 aliphatic heterocycles. The number of anilines is 2. The molecule has 4 aromatic rings. The Morgan fingerprint density at radius 2 is 1.97 bits per heavy atom. The van der Waals surface area contributed by atoms with E-state index in [9.17, 15) is 4.79 Å². The van der Waals surface area contributed by atoms with Gasteiger partial charge in [-0.1, -0.05) is 29.4 Å². The molecule has 0 aliphatic carbocycles. The summed E-state index contributed by atoms with van der Waals surface area (Å²) in [5.74, 6) is 0.461. The molecule has 2 aromatic carbocycles. The molecule has 0 atom stereocenters. The zero-order chi connectivity index (χ0) is 25.1. The van der Waals surface area contributed by atoms with Crippen LogP contribution in [0.5, 0.6) is 5.75 Å². The molecule has 0 radical (unpaired) electrons. The van der Waals surface area contributed by atoms with E-state index in [1.54, 1.807) is 17.0 Å². The Kier molecular flexibility index (Phi) is 10.5. The number of ether oxygens (including phenoxy) is 1. The highest BCUT2D eigenvalue weighted by Gasteiger charge is 2.20. The lowest BCUT2D eigenvalue weighted by atomic mass is 10.1. The third kappa shape index (κ3) is 7.00. The number of carboxylic acid groups (broad SMARTS) is 1. The van der Waals surface area contributed by atoms with Gasteiger partial charge in [-0.25, -0.2) is 15.0 Å². The highest BCUT2D eigenvalue weighted by atomic mass is 35.5. The van der Waals surface area contributed by atoms with Crippen molar-refractivity contribution in [1.29, 1.82) is 0 Å². The Bertz CT molecular complexity index is 1390. The number of aromatic nitrogens is 4. The number of halogens is 3. The molecule has 1 saturated heterocycles. The smallest absolute Gasteiger partial charge is 0.323 e. The summed E-state index contributed by atoms with van der Waals surface area (Å²) in [4.78, 5) is 27.3. The van der Waals surface area contributed by atoms with E-state index >= 15 is 0 Å². The number of piperidine rings is 1. The van der Waals surface area contributed by atoms with E-state index in [4.69, 9.17) is 21.4 Å². The minimum Gasteiger partial charge on any atom is -0.489 e. The van der Waals surface area contributed by atoms with Crippen LogP contribution in [0.15, 0.2) is 65.2 Å². The molecule has 1 fully saturated rings. The number of benzene rings is 2. The van der Waals surface area contributed by atoms with Crippen LogP contribution < -0.4 is 10.1 Å². The fourth-order valence-corrected chi connectivity index (χ4v) is 5.26. The van der Waals surface area contributed by atoms with Gasteiger partial charge in [-0.05, 0) is 50.2 Å². The van der Waals surface area contributed by atoms with Crippen molar-refractivity contribution in [3.05, 3.63) is 60.1 Å². The van der Waals surface area contributed by atoms with Gasteiger partial charge in [0.25, 0.3) is 0 Å². The molecule has 202 valence electrons. The van der Waals surface area contributed by atoms with Crippen LogP contribution in [0.4, 0.5) is 11.5 Å². The van der Waals surface area contributed by atoms with Gasteiger partial charge in [-0.15, -0.1) is 24.8 Å². The van der Waals surface area contributed by atoms with Crippen molar-refractivity contribution in [3.8, 4) is 5.75 Å². The molecule has 0 unspecified atom stereocenters. The standard InChI is InChI=1S/C25H25ClN6O3S.2ClH/c1-31-10-7-17(8-11-31)35-20-4-2-3-19-23(20)24(29-15-28-19)30-16-5-6-21(18(26)13-16)36-25-27-9-12-32(25)14-22(33)34;;/h2-6,9,12-13,15,17H,7-8,10-11,14H2,1H3,(H,33,34)(H,28,29,30);2*1H. The van der Waals surface area contributed by atoms with Crippen LogP contribution in [0.3, 0.4) is 0 Å². The van der Waals surface area contributed by atoms with Crippen molar-refractivity contribution in [2.24, 2.45) is 0 Å². The zero-order valence-corrected chi connectivity index (χ0v) is 23.6. The average Bonchev–Trinajstić information content (AvgIpc) is 3.28. The van der Waals surface area contributed by atoms with Gasteiger partial charge in [0.05, 0.1) is 15.9 Å². The molecule has 9 nitrogen and oxygen atoms in total. The molecule has 13 heteroatoms. The minimum atomic E-state index is -0.934. The van der Waals surface area contributed by atoms with Crippen molar-refractivity contribution in [2.75, 3.05) is 25.5 Å². The van der Waals surface area contributed by atoms with Crippen LogP contribution in [0.2, 0.25) is 5.02 Å². The monoisotopic (exact) mass is 596 g/mol. The second-order valence-corrected chi connectivity index (χ2v) is 10.0. The maximum atomic E-state index is 11.1. The number of likely N-dealkylation sites (tertiary alicyclic amines) is 1. The second kappa shape index (κ2) is 13.3. The van der Waals surface area contributed by atoms with E-state index in [2.05, 4.69) is 32.2 Å². The highest BCUT2D eigenvalue weighted by Crippen LogP contribution is 2.37.